The summed E-state index contributed by atoms with van der Waals surface area (Å²) >= 11 is 0. The van der Waals surface area contributed by atoms with E-state index in [9.17, 15) is 9.59 Å². The Morgan fingerprint density at radius 1 is 1.26 bits per heavy atom. The molecule has 0 unspecified atom stereocenters. The molecule has 0 aliphatic rings. The van der Waals surface area contributed by atoms with Crippen LogP contribution in [0.1, 0.15) is 20.7 Å². The Labute approximate surface area is 109 Å². The fourth-order valence-electron chi connectivity index (χ4n) is 1.62. The molecule has 5 N–H and O–H groups in total. The molecule has 7 heteroatoms. The summed E-state index contributed by atoms with van der Waals surface area (Å²) in [4.78, 5) is 23.3. The van der Waals surface area contributed by atoms with Gasteiger partial charge in [-0.25, -0.2) is 0 Å². The van der Waals surface area contributed by atoms with Crippen LogP contribution < -0.4 is 16.8 Å². The number of benzene rings is 1. The highest BCUT2D eigenvalue weighted by Crippen LogP contribution is 2.17. The molecule has 0 aliphatic heterocycles. The van der Waals surface area contributed by atoms with Gasteiger partial charge in [0.15, 0.2) is 0 Å². The lowest BCUT2D eigenvalue weighted by Gasteiger charge is -2.08. The maximum Gasteiger partial charge on any atom is 0.261 e. The lowest BCUT2D eigenvalue weighted by atomic mass is 10.1. The number of anilines is 2. The van der Waals surface area contributed by atoms with Crippen molar-refractivity contribution in [2.24, 2.45) is 12.8 Å². The van der Waals surface area contributed by atoms with Crippen molar-refractivity contribution in [1.82, 2.24) is 9.78 Å². The number of aromatic nitrogens is 2. The van der Waals surface area contributed by atoms with Crippen LogP contribution in [-0.4, -0.2) is 21.6 Å². The molecule has 0 fully saturated rings. The molecule has 2 amide bonds. The van der Waals surface area contributed by atoms with E-state index in [1.54, 1.807) is 25.2 Å². The summed E-state index contributed by atoms with van der Waals surface area (Å²) in [5, 5.41) is 6.46. The van der Waals surface area contributed by atoms with Crippen LogP contribution in [0.5, 0.6) is 0 Å². The number of primary amides is 1. The van der Waals surface area contributed by atoms with E-state index in [2.05, 4.69) is 10.4 Å². The molecule has 1 aromatic carbocycles. The molecule has 0 bridgehead atoms. The quantitative estimate of drug-likeness (QED) is 0.737. The Bertz CT molecular complexity index is 647. The van der Waals surface area contributed by atoms with Gasteiger partial charge in [0.25, 0.3) is 11.8 Å². The number of nitrogens with one attached hydrogen (secondary N) is 1. The number of nitrogens with two attached hydrogens (primary N) is 2. The van der Waals surface area contributed by atoms with E-state index in [0.29, 0.717) is 5.69 Å². The number of hydrogen-bond donors (Lipinski definition) is 3. The maximum atomic E-state index is 12.0. The Morgan fingerprint density at radius 2 is 1.95 bits per heavy atom. The first-order valence-corrected chi connectivity index (χ1v) is 5.48. The zero-order chi connectivity index (χ0) is 14.0. The number of rotatable bonds is 3. The van der Waals surface area contributed by atoms with Gasteiger partial charge in [0.2, 0.25) is 0 Å². The summed E-state index contributed by atoms with van der Waals surface area (Å²) < 4.78 is 1.38. The first kappa shape index (κ1) is 12.6. The smallest absolute Gasteiger partial charge is 0.261 e. The van der Waals surface area contributed by atoms with Gasteiger partial charge in [-0.2, -0.15) is 5.10 Å². The van der Waals surface area contributed by atoms with E-state index in [0.717, 1.165) is 0 Å². The molecule has 0 saturated carbocycles. The average Bonchev–Trinajstić information content (AvgIpc) is 2.70. The van der Waals surface area contributed by atoms with Crippen molar-refractivity contribution in [2.45, 2.75) is 0 Å². The molecule has 0 aliphatic carbocycles. The second-order valence-electron chi connectivity index (χ2n) is 3.93. The van der Waals surface area contributed by atoms with Crippen LogP contribution in [0.2, 0.25) is 0 Å². The third-order valence-electron chi connectivity index (χ3n) is 2.67. The van der Waals surface area contributed by atoms with Crippen molar-refractivity contribution < 1.29 is 9.59 Å². The number of carbonyl (C=O) groups is 2. The number of para-hydroxylation sites is 1. The fourth-order valence-corrected chi connectivity index (χ4v) is 1.62. The SMILES string of the molecule is Cn1ncc(C(=O)Nc2ccccc2C(N)=O)c1N. The van der Waals surface area contributed by atoms with Gasteiger partial charge < -0.3 is 16.8 Å². The summed E-state index contributed by atoms with van der Waals surface area (Å²) in [5.41, 5.74) is 11.7. The molecule has 19 heavy (non-hydrogen) atoms. The number of aryl methyl sites for hydroxylation is 1. The summed E-state index contributed by atoms with van der Waals surface area (Å²) in [7, 11) is 1.63. The fraction of sp³-hybridized carbons (Fsp3) is 0.0833. The number of carbonyl (C=O) groups excluding carboxylic acids is 2. The highest BCUT2D eigenvalue weighted by molar-refractivity contribution is 6.10. The molecule has 98 valence electrons. The summed E-state index contributed by atoms with van der Waals surface area (Å²) in [6, 6.07) is 6.47. The first-order valence-electron chi connectivity index (χ1n) is 5.48. The average molecular weight is 259 g/mol. The minimum atomic E-state index is -0.616. The Kier molecular flexibility index (Phi) is 3.19. The molecular formula is C12H13N5O2. The predicted octanol–water partition coefficient (Wildman–Crippen LogP) is 0.353. The molecule has 0 spiro atoms. The zero-order valence-electron chi connectivity index (χ0n) is 10.3. The van der Waals surface area contributed by atoms with Crippen LogP contribution in [0, 0.1) is 0 Å². The highest BCUT2D eigenvalue weighted by atomic mass is 16.2. The van der Waals surface area contributed by atoms with E-state index >= 15 is 0 Å². The van der Waals surface area contributed by atoms with Gasteiger partial charge in [-0.1, -0.05) is 12.1 Å². The van der Waals surface area contributed by atoms with Gasteiger partial charge >= 0.3 is 0 Å². The monoisotopic (exact) mass is 259 g/mol. The summed E-state index contributed by atoms with van der Waals surface area (Å²) in [6.07, 6.45) is 1.36. The molecular weight excluding hydrogens is 246 g/mol. The number of hydrogen-bond acceptors (Lipinski definition) is 4. The van der Waals surface area contributed by atoms with Crippen molar-refractivity contribution in [1.29, 1.82) is 0 Å². The minimum Gasteiger partial charge on any atom is -0.383 e. The van der Waals surface area contributed by atoms with Crippen LogP contribution >= 0.6 is 0 Å². The van der Waals surface area contributed by atoms with Crippen LogP contribution in [0.15, 0.2) is 30.5 Å². The topological polar surface area (TPSA) is 116 Å². The molecule has 0 saturated heterocycles. The van der Waals surface area contributed by atoms with Crippen molar-refractivity contribution in [3.63, 3.8) is 0 Å². The maximum absolute atomic E-state index is 12.0. The molecule has 2 aromatic rings. The van der Waals surface area contributed by atoms with Crippen molar-refractivity contribution in [3.05, 3.63) is 41.6 Å². The minimum absolute atomic E-state index is 0.235. The first-order chi connectivity index (χ1) is 9.00. The van der Waals surface area contributed by atoms with Crippen molar-refractivity contribution in [3.8, 4) is 0 Å². The van der Waals surface area contributed by atoms with Gasteiger partial charge in [-0.3, -0.25) is 14.3 Å². The number of nitrogen functional groups attached to an aromatic ring is 1. The second kappa shape index (κ2) is 4.81. The number of amides is 2. The van der Waals surface area contributed by atoms with Gasteiger partial charge in [-0.05, 0) is 12.1 Å². The second-order valence-corrected chi connectivity index (χ2v) is 3.93. The van der Waals surface area contributed by atoms with Gasteiger partial charge in [0.05, 0.1) is 17.4 Å². The molecule has 0 atom stereocenters. The van der Waals surface area contributed by atoms with E-state index in [4.69, 9.17) is 11.5 Å². The Morgan fingerprint density at radius 3 is 2.53 bits per heavy atom. The summed E-state index contributed by atoms with van der Waals surface area (Å²) in [5.74, 6) is -0.816. The van der Waals surface area contributed by atoms with Crippen LogP contribution in [0.4, 0.5) is 11.5 Å². The van der Waals surface area contributed by atoms with Gasteiger partial charge in [0.1, 0.15) is 11.4 Å². The molecule has 7 nitrogen and oxygen atoms in total. The third kappa shape index (κ3) is 2.39. The van der Waals surface area contributed by atoms with E-state index in [-0.39, 0.29) is 16.9 Å². The third-order valence-corrected chi connectivity index (χ3v) is 2.67. The predicted molar refractivity (Wildman–Crippen MR) is 70.5 cm³/mol. The normalized spacial score (nSPS) is 10.2. The lowest BCUT2D eigenvalue weighted by Crippen LogP contribution is -2.18. The molecule has 1 aromatic heterocycles. The van der Waals surface area contributed by atoms with Crippen molar-refractivity contribution in [2.75, 3.05) is 11.1 Å². The van der Waals surface area contributed by atoms with Crippen molar-refractivity contribution >= 4 is 23.3 Å². The Hall–Kier alpha value is -2.83. The summed E-state index contributed by atoms with van der Waals surface area (Å²) in [6.45, 7) is 0. The standard InChI is InChI=1S/C12H13N5O2/c1-17-10(13)8(6-15-17)12(19)16-9-5-3-2-4-7(9)11(14)18/h2-6H,13H2,1H3,(H2,14,18)(H,16,19). The molecule has 0 radical (unpaired) electrons. The Balaban J connectivity index is 2.29. The van der Waals surface area contributed by atoms with E-state index < -0.39 is 11.8 Å². The highest BCUT2D eigenvalue weighted by Gasteiger charge is 2.16. The molecule has 1 heterocycles. The van der Waals surface area contributed by atoms with Gasteiger partial charge in [0, 0.05) is 7.05 Å². The largest absolute Gasteiger partial charge is 0.383 e. The zero-order valence-corrected chi connectivity index (χ0v) is 10.3. The molecule has 2 rings (SSSR count). The van der Waals surface area contributed by atoms with Crippen LogP contribution in [0.25, 0.3) is 0 Å². The van der Waals surface area contributed by atoms with E-state index in [1.807, 2.05) is 0 Å². The van der Waals surface area contributed by atoms with E-state index in [1.165, 1.54) is 16.9 Å². The van der Waals surface area contributed by atoms with Gasteiger partial charge in [-0.15, -0.1) is 0 Å². The van der Waals surface area contributed by atoms with Crippen LogP contribution in [0.3, 0.4) is 0 Å². The van der Waals surface area contributed by atoms with Crippen LogP contribution in [-0.2, 0) is 7.05 Å². The number of nitrogens with zero attached hydrogens (tertiary/aromatic N) is 2. The lowest BCUT2D eigenvalue weighted by molar-refractivity contribution is 0.100.